The third kappa shape index (κ3) is 6.49. The maximum atomic E-state index is 10.9. The molecule has 1 unspecified atom stereocenters. The molecule has 5 atom stereocenters. The molecule has 0 radical (unpaired) electrons. The summed E-state index contributed by atoms with van der Waals surface area (Å²) in [6.07, 6.45) is 4.04. The zero-order valence-corrected chi connectivity index (χ0v) is 19.7. The van der Waals surface area contributed by atoms with Gasteiger partial charge in [-0.05, 0) is 49.8 Å². The van der Waals surface area contributed by atoms with Crippen molar-refractivity contribution in [2.45, 2.75) is 81.4 Å². The van der Waals surface area contributed by atoms with E-state index >= 15 is 0 Å². The van der Waals surface area contributed by atoms with Gasteiger partial charge < -0.3 is 34.8 Å². The van der Waals surface area contributed by atoms with Crippen molar-refractivity contribution in [2.24, 2.45) is 4.99 Å². The second-order valence-electron chi connectivity index (χ2n) is 8.86. The van der Waals surface area contributed by atoms with Gasteiger partial charge in [-0.1, -0.05) is 12.8 Å². The fourth-order valence-electron chi connectivity index (χ4n) is 4.61. The summed E-state index contributed by atoms with van der Waals surface area (Å²) in [7, 11) is -4.30. The molecule has 11 nitrogen and oxygen atoms in total. The molecule has 184 valence electrons. The van der Waals surface area contributed by atoms with Crippen LogP contribution in [0.3, 0.4) is 0 Å². The molecule has 1 aromatic rings. The minimum Gasteiger partial charge on any atom is -0.388 e. The Morgan fingerprint density at radius 1 is 1.15 bits per heavy atom. The molecule has 0 bridgehead atoms. The number of anilines is 1. The van der Waals surface area contributed by atoms with Crippen molar-refractivity contribution >= 4 is 31.1 Å². The van der Waals surface area contributed by atoms with E-state index in [9.17, 15) is 14.8 Å². The Hall–Kier alpha value is -1.17. The monoisotopic (exact) mass is 504 g/mol. The lowest BCUT2D eigenvalue weighted by Gasteiger charge is -2.15. The molecule has 13 heteroatoms. The van der Waals surface area contributed by atoms with Gasteiger partial charge in [0, 0.05) is 6.04 Å². The van der Waals surface area contributed by atoms with E-state index in [4.69, 9.17) is 30.9 Å². The van der Waals surface area contributed by atoms with Gasteiger partial charge in [-0.3, -0.25) is 9.56 Å². The van der Waals surface area contributed by atoms with E-state index in [1.165, 1.54) is 12.8 Å². The minimum atomic E-state index is -4.30. The number of fused-ring (bicyclic) bond motifs is 1. The van der Waals surface area contributed by atoms with E-state index in [0.717, 1.165) is 23.9 Å². The Balaban J connectivity index is 1.30. The van der Waals surface area contributed by atoms with Gasteiger partial charge in [0.2, 0.25) is 5.28 Å². The topological polar surface area (TPSA) is 167 Å². The highest BCUT2D eigenvalue weighted by molar-refractivity contribution is 7.51. The molecule has 2 fully saturated rings. The molecule has 1 saturated carbocycles. The first-order valence-corrected chi connectivity index (χ1v) is 13.4. The molecule has 1 saturated heterocycles. The first-order chi connectivity index (χ1) is 15.7. The molecule has 2 aliphatic heterocycles. The summed E-state index contributed by atoms with van der Waals surface area (Å²) < 4.78 is 21.5. The lowest BCUT2D eigenvalue weighted by molar-refractivity contribution is -0.0402. The van der Waals surface area contributed by atoms with E-state index < -0.39 is 38.4 Å². The van der Waals surface area contributed by atoms with Gasteiger partial charge in [-0.2, -0.15) is 4.98 Å². The molecule has 5 N–H and O–H groups in total. The number of nitrogens with zero attached hydrogens (tertiary/aromatic N) is 3. The maximum absolute atomic E-state index is 10.9. The van der Waals surface area contributed by atoms with Gasteiger partial charge in [-0.15, -0.1) is 0 Å². The Kier molecular flexibility index (Phi) is 8.02. The van der Waals surface area contributed by atoms with E-state index in [0.29, 0.717) is 30.8 Å². The molecule has 4 rings (SSSR count). The average Bonchev–Trinajstić information content (AvgIpc) is 3.44. The summed E-state index contributed by atoms with van der Waals surface area (Å²) in [4.78, 5) is 31.0. The van der Waals surface area contributed by atoms with E-state index in [2.05, 4.69) is 20.3 Å². The van der Waals surface area contributed by atoms with Crippen molar-refractivity contribution in [3.8, 4) is 0 Å². The molecule has 3 aliphatic rings. The molecule has 0 spiro atoms. The van der Waals surface area contributed by atoms with Crippen LogP contribution in [-0.2, 0) is 14.0 Å². The van der Waals surface area contributed by atoms with E-state index in [-0.39, 0.29) is 17.9 Å². The van der Waals surface area contributed by atoms with Crippen LogP contribution in [0.2, 0.25) is 5.28 Å². The molecule has 0 aromatic carbocycles. The van der Waals surface area contributed by atoms with Crippen LogP contribution in [0.5, 0.6) is 0 Å². The highest BCUT2D eigenvalue weighted by atomic mass is 35.5. The quantitative estimate of drug-likeness (QED) is 0.217. The SMILES string of the molecule is O=P(O)(O)COC[C@H]1O[C@@H](CCCC2C=c3c(NC4CCCC4)nc(Cl)nc3=N2)[C@H](O)[C@@H]1O. The van der Waals surface area contributed by atoms with Gasteiger partial charge >= 0.3 is 7.60 Å². The summed E-state index contributed by atoms with van der Waals surface area (Å²) in [6.45, 7) is -0.211. The summed E-state index contributed by atoms with van der Waals surface area (Å²) in [6, 6.07) is 0.293. The van der Waals surface area contributed by atoms with Gasteiger partial charge in [-0.25, -0.2) is 4.98 Å². The molecule has 0 amide bonds. The predicted molar refractivity (Wildman–Crippen MR) is 119 cm³/mol. The fraction of sp³-hybridized carbons (Fsp3) is 0.750. The lowest BCUT2D eigenvalue weighted by atomic mass is 10.0. The lowest BCUT2D eigenvalue weighted by Crippen LogP contribution is -2.34. The summed E-state index contributed by atoms with van der Waals surface area (Å²) >= 11 is 6.10. The molecule has 1 aromatic heterocycles. The Morgan fingerprint density at radius 3 is 2.61 bits per heavy atom. The largest absolute Gasteiger partial charge is 0.388 e. The smallest absolute Gasteiger partial charge is 0.350 e. The average molecular weight is 505 g/mol. The fourth-order valence-corrected chi connectivity index (χ4v) is 5.12. The standard InChI is InChI=1S/C20H30ClN4O7P/c21-20-24-18(22-11-4-1-2-5-11)13-8-12(23-19(13)25-20)6-3-7-14-16(26)17(27)15(32-14)9-31-10-33(28,29)30/h8,11-12,14-17,26-27H,1-7,9-10H2,(H2,28,29,30)(H,22,23,24,25)/t12?,14-,15+,16-,17+/m0/s1. The van der Waals surface area contributed by atoms with Gasteiger partial charge in [0.05, 0.1) is 24.0 Å². The summed E-state index contributed by atoms with van der Waals surface area (Å²) in [5, 5.41) is 24.9. The normalized spacial score (nSPS) is 29.7. The van der Waals surface area contributed by atoms with Crippen LogP contribution in [0.15, 0.2) is 4.99 Å². The second-order valence-corrected chi connectivity index (χ2v) is 10.8. The van der Waals surface area contributed by atoms with E-state index in [1.807, 2.05) is 6.08 Å². The number of aliphatic hydroxyl groups excluding tert-OH is 2. The number of nitrogens with one attached hydrogen (secondary N) is 1. The zero-order chi connectivity index (χ0) is 23.6. The number of aliphatic hydroxyl groups is 2. The van der Waals surface area contributed by atoms with Crippen molar-refractivity contribution in [2.75, 3.05) is 18.3 Å². The molecule has 1 aliphatic carbocycles. The molecular formula is C20H30ClN4O7P. The highest BCUT2D eigenvalue weighted by Gasteiger charge is 2.42. The number of halogens is 1. The predicted octanol–water partition coefficient (Wildman–Crippen LogP) is 0.0781. The van der Waals surface area contributed by atoms with Gasteiger partial charge in [0.25, 0.3) is 0 Å². The van der Waals surface area contributed by atoms with Crippen molar-refractivity contribution in [3.05, 3.63) is 16.0 Å². The Morgan fingerprint density at radius 2 is 1.88 bits per heavy atom. The van der Waals surface area contributed by atoms with Crippen LogP contribution >= 0.6 is 19.2 Å². The number of hydrogen-bond donors (Lipinski definition) is 5. The highest BCUT2D eigenvalue weighted by Crippen LogP contribution is 2.34. The molecule has 33 heavy (non-hydrogen) atoms. The van der Waals surface area contributed by atoms with Crippen LogP contribution in [-0.4, -0.2) is 79.4 Å². The second kappa shape index (κ2) is 10.6. The van der Waals surface area contributed by atoms with Crippen molar-refractivity contribution in [1.82, 2.24) is 9.97 Å². The van der Waals surface area contributed by atoms with Crippen molar-refractivity contribution in [1.29, 1.82) is 0 Å². The van der Waals surface area contributed by atoms with Crippen LogP contribution in [0.1, 0.15) is 44.9 Å². The minimum absolute atomic E-state index is 0.0947. The number of rotatable bonds is 10. The summed E-state index contributed by atoms with van der Waals surface area (Å²) in [5.74, 6) is 0.721. The Labute approximate surface area is 196 Å². The van der Waals surface area contributed by atoms with Crippen LogP contribution in [0, 0.1) is 0 Å². The van der Waals surface area contributed by atoms with Gasteiger partial charge in [0.15, 0.2) is 5.49 Å². The Bertz CT molecular complexity index is 1000. The molecular weight excluding hydrogens is 475 g/mol. The first kappa shape index (κ1) is 24.9. The third-order valence-electron chi connectivity index (χ3n) is 6.23. The number of aromatic nitrogens is 2. The van der Waals surface area contributed by atoms with Crippen LogP contribution in [0.25, 0.3) is 6.08 Å². The number of ether oxygens (including phenoxy) is 2. The van der Waals surface area contributed by atoms with Crippen LogP contribution in [0.4, 0.5) is 5.82 Å². The van der Waals surface area contributed by atoms with Crippen molar-refractivity contribution < 1.29 is 34.0 Å². The number of hydrogen-bond acceptors (Lipinski definition) is 9. The molecule has 3 heterocycles. The summed E-state index contributed by atoms with van der Waals surface area (Å²) in [5.41, 5.74) is 0.579. The van der Waals surface area contributed by atoms with Gasteiger partial charge in [0.1, 0.15) is 30.5 Å². The zero-order valence-electron chi connectivity index (χ0n) is 18.1. The van der Waals surface area contributed by atoms with Crippen LogP contribution < -0.4 is 16.0 Å². The van der Waals surface area contributed by atoms with E-state index in [1.54, 1.807) is 0 Å². The van der Waals surface area contributed by atoms with Crippen molar-refractivity contribution in [3.63, 3.8) is 0 Å². The first-order valence-electron chi connectivity index (χ1n) is 11.2. The maximum Gasteiger partial charge on any atom is 0.350 e. The third-order valence-corrected chi connectivity index (χ3v) is 6.92.